The van der Waals surface area contributed by atoms with Crippen molar-refractivity contribution in [3.8, 4) is 0 Å². The summed E-state index contributed by atoms with van der Waals surface area (Å²) in [7, 11) is 2.16. The number of carbonyl (C=O) groups is 1. The van der Waals surface area contributed by atoms with Gasteiger partial charge in [-0.15, -0.1) is 11.3 Å². The molecule has 2 rings (SSSR count). The number of carboxylic acids is 1. The van der Waals surface area contributed by atoms with Crippen molar-refractivity contribution >= 4 is 17.3 Å². The first-order valence-corrected chi connectivity index (χ1v) is 7.45. The maximum Gasteiger partial charge on any atom is 0.336 e. The zero-order valence-corrected chi connectivity index (χ0v) is 12.1. The highest BCUT2D eigenvalue weighted by Gasteiger charge is 2.12. The molecule has 1 aliphatic heterocycles. The number of nitrogens with zero attached hydrogens (tertiary/aromatic N) is 2. The predicted molar refractivity (Wildman–Crippen MR) is 76.9 cm³/mol. The summed E-state index contributed by atoms with van der Waals surface area (Å²) in [5.41, 5.74) is 0.390. The van der Waals surface area contributed by atoms with Crippen LogP contribution in [-0.2, 0) is 6.54 Å². The molecule has 1 saturated heterocycles. The second-order valence-electron chi connectivity index (χ2n) is 4.93. The molecule has 19 heavy (non-hydrogen) atoms. The average molecular weight is 283 g/mol. The number of nitrogens with one attached hydrogen (secondary N) is 1. The normalized spacial score (nSPS) is 17.7. The first kappa shape index (κ1) is 14.5. The Balaban J connectivity index is 1.62. The summed E-state index contributed by atoms with van der Waals surface area (Å²) in [6.07, 6.45) is 0. The average Bonchev–Trinajstić information content (AvgIpc) is 2.86. The second kappa shape index (κ2) is 7.00. The Morgan fingerprint density at radius 1 is 1.42 bits per heavy atom. The fourth-order valence-corrected chi connectivity index (χ4v) is 2.93. The number of hydrogen-bond acceptors (Lipinski definition) is 5. The summed E-state index contributed by atoms with van der Waals surface area (Å²) in [5, 5.41) is 13.9. The van der Waals surface area contributed by atoms with Gasteiger partial charge < -0.3 is 15.3 Å². The molecule has 1 aromatic rings. The molecule has 0 radical (unpaired) electrons. The van der Waals surface area contributed by atoms with Gasteiger partial charge in [-0.1, -0.05) is 0 Å². The zero-order chi connectivity index (χ0) is 13.7. The van der Waals surface area contributed by atoms with E-state index in [0.717, 1.165) is 50.7 Å². The van der Waals surface area contributed by atoms with E-state index in [-0.39, 0.29) is 0 Å². The van der Waals surface area contributed by atoms with Crippen molar-refractivity contribution in [1.29, 1.82) is 0 Å². The SMILES string of the molecule is CN1CCN(CCNCc2cc(C(=O)O)cs2)CC1. The van der Waals surface area contributed by atoms with Crippen molar-refractivity contribution in [1.82, 2.24) is 15.1 Å². The van der Waals surface area contributed by atoms with Crippen LogP contribution in [0.4, 0.5) is 0 Å². The van der Waals surface area contributed by atoms with E-state index in [0.29, 0.717) is 5.56 Å². The Bertz CT molecular complexity index is 414. The highest BCUT2D eigenvalue weighted by atomic mass is 32.1. The van der Waals surface area contributed by atoms with Crippen LogP contribution in [0.2, 0.25) is 0 Å². The molecule has 0 saturated carbocycles. The van der Waals surface area contributed by atoms with Gasteiger partial charge in [0.15, 0.2) is 0 Å². The number of likely N-dealkylation sites (N-methyl/N-ethyl adjacent to an activating group) is 1. The van der Waals surface area contributed by atoms with Crippen molar-refractivity contribution in [2.75, 3.05) is 46.3 Å². The molecule has 0 bridgehead atoms. The standard InChI is InChI=1S/C13H21N3O2S/c1-15-4-6-16(7-5-15)3-2-14-9-12-8-11(10-19-12)13(17)18/h8,10,14H,2-7,9H2,1H3,(H,17,18). The monoisotopic (exact) mass is 283 g/mol. The van der Waals surface area contributed by atoms with Crippen molar-refractivity contribution in [2.45, 2.75) is 6.54 Å². The summed E-state index contributed by atoms with van der Waals surface area (Å²) in [5.74, 6) is -0.847. The van der Waals surface area contributed by atoms with Gasteiger partial charge in [-0.3, -0.25) is 4.90 Å². The van der Waals surface area contributed by atoms with E-state index in [1.807, 2.05) is 0 Å². The van der Waals surface area contributed by atoms with Gasteiger partial charge in [0.1, 0.15) is 0 Å². The van der Waals surface area contributed by atoms with Crippen molar-refractivity contribution < 1.29 is 9.90 Å². The Labute approximate surface area is 117 Å². The van der Waals surface area contributed by atoms with Gasteiger partial charge in [0.25, 0.3) is 0 Å². The number of carboxylic acid groups (broad SMARTS) is 1. The van der Waals surface area contributed by atoms with Crippen LogP contribution in [0.3, 0.4) is 0 Å². The van der Waals surface area contributed by atoms with Crippen LogP contribution >= 0.6 is 11.3 Å². The van der Waals surface area contributed by atoms with Gasteiger partial charge in [0.05, 0.1) is 5.56 Å². The van der Waals surface area contributed by atoms with E-state index >= 15 is 0 Å². The lowest BCUT2D eigenvalue weighted by molar-refractivity contribution is 0.0697. The third-order valence-corrected chi connectivity index (χ3v) is 4.34. The van der Waals surface area contributed by atoms with E-state index in [4.69, 9.17) is 5.11 Å². The highest BCUT2D eigenvalue weighted by Crippen LogP contribution is 2.14. The molecule has 1 fully saturated rings. The van der Waals surface area contributed by atoms with E-state index in [9.17, 15) is 4.79 Å². The molecule has 0 unspecified atom stereocenters. The van der Waals surface area contributed by atoms with Crippen LogP contribution in [0, 0.1) is 0 Å². The van der Waals surface area contributed by atoms with Crippen LogP contribution in [0.15, 0.2) is 11.4 Å². The van der Waals surface area contributed by atoms with Gasteiger partial charge in [0.2, 0.25) is 0 Å². The Kier molecular flexibility index (Phi) is 5.33. The summed E-state index contributed by atoms with van der Waals surface area (Å²) in [6.45, 7) is 7.33. The maximum absolute atomic E-state index is 10.8. The molecule has 106 valence electrons. The Morgan fingerprint density at radius 3 is 2.79 bits per heavy atom. The van der Waals surface area contributed by atoms with Crippen LogP contribution in [0.5, 0.6) is 0 Å². The molecule has 1 aromatic heterocycles. The molecule has 0 amide bonds. The second-order valence-corrected chi connectivity index (χ2v) is 5.92. The third kappa shape index (κ3) is 4.58. The van der Waals surface area contributed by atoms with Crippen LogP contribution < -0.4 is 5.32 Å². The maximum atomic E-state index is 10.8. The molecule has 0 atom stereocenters. The van der Waals surface area contributed by atoms with Crippen molar-refractivity contribution in [3.63, 3.8) is 0 Å². The smallest absolute Gasteiger partial charge is 0.336 e. The van der Waals surface area contributed by atoms with Crippen molar-refractivity contribution in [2.24, 2.45) is 0 Å². The van der Waals surface area contributed by atoms with Gasteiger partial charge in [-0.05, 0) is 13.1 Å². The van der Waals surface area contributed by atoms with Crippen molar-refractivity contribution in [3.05, 3.63) is 21.9 Å². The summed E-state index contributed by atoms with van der Waals surface area (Å²) >= 11 is 1.50. The summed E-state index contributed by atoms with van der Waals surface area (Å²) in [4.78, 5) is 16.6. The zero-order valence-electron chi connectivity index (χ0n) is 11.3. The molecule has 6 heteroatoms. The van der Waals surface area contributed by atoms with E-state index in [1.165, 1.54) is 11.3 Å². The number of thiophene rings is 1. The molecule has 2 heterocycles. The number of hydrogen-bond donors (Lipinski definition) is 2. The van der Waals surface area contributed by atoms with Crippen LogP contribution in [-0.4, -0.2) is 67.2 Å². The van der Waals surface area contributed by atoms with E-state index in [1.54, 1.807) is 11.4 Å². The third-order valence-electron chi connectivity index (χ3n) is 3.40. The molecule has 5 nitrogen and oxygen atoms in total. The van der Waals surface area contributed by atoms with Gasteiger partial charge in [-0.2, -0.15) is 0 Å². The van der Waals surface area contributed by atoms with E-state index in [2.05, 4.69) is 22.2 Å². The fraction of sp³-hybridized carbons (Fsp3) is 0.615. The fourth-order valence-electron chi connectivity index (χ4n) is 2.11. The largest absolute Gasteiger partial charge is 0.478 e. The molecule has 0 aliphatic carbocycles. The first-order chi connectivity index (χ1) is 9.15. The summed E-state index contributed by atoms with van der Waals surface area (Å²) < 4.78 is 0. The topological polar surface area (TPSA) is 55.8 Å². The molecular formula is C13H21N3O2S. The van der Waals surface area contributed by atoms with Gasteiger partial charge in [0, 0.05) is 56.1 Å². The number of rotatable bonds is 6. The minimum atomic E-state index is -0.847. The quantitative estimate of drug-likeness (QED) is 0.756. The lowest BCUT2D eigenvalue weighted by Gasteiger charge is -2.32. The predicted octanol–water partition coefficient (Wildman–Crippen LogP) is 0.783. The molecular weight excluding hydrogens is 262 g/mol. The first-order valence-electron chi connectivity index (χ1n) is 6.57. The Morgan fingerprint density at radius 2 is 2.16 bits per heavy atom. The minimum absolute atomic E-state index is 0.390. The molecule has 0 aromatic carbocycles. The highest BCUT2D eigenvalue weighted by molar-refractivity contribution is 7.10. The minimum Gasteiger partial charge on any atom is -0.478 e. The number of aromatic carboxylic acids is 1. The summed E-state index contributed by atoms with van der Waals surface area (Å²) in [6, 6.07) is 1.75. The van der Waals surface area contributed by atoms with Crippen LogP contribution in [0.1, 0.15) is 15.2 Å². The molecule has 1 aliphatic rings. The van der Waals surface area contributed by atoms with E-state index < -0.39 is 5.97 Å². The lowest BCUT2D eigenvalue weighted by Crippen LogP contribution is -2.46. The molecule has 0 spiro atoms. The molecule has 2 N–H and O–H groups in total. The Hall–Kier alpha value is -0.950. The van der Waals surface area contributed by atoms with Gasteiger partial charge >= 0.3 is 5.97 Å². The lowest BCUT2D eigenvalue weighted by atomic mass is 10.3. The van der Waals surface area contributed by atoms with Gasteiger partial charge in [-0.25, -0.2) is 4.79 Å². The van der Waals surface area contributed by atoms with Crippen LogP contribution in [0.25, 0.3) is 0 Å². The number of piperazine rings is 1.